The average Bonchev–Trinajstić information content (AvgIpc) is 3.20. The van der Waals surface area contributed by atoms with Gasteiger partial charge in [-0.2, -0.15) is 15.6 Å². The molecule has 0 amide bonds. The van der Waals surface area contributed by atoms with Gasteiger partial charge < -0.3 is 10.5 Å². The van der Waals surface area contributed by atoms with Gasteiger partial charge in [0, 0.05) is 12.1 Å². The molecular weight excluding hydrogens is 434 g/mol. The van der Waals surface area contributed by atoms with Crippen molar-refractivity contribution in [2.24, 2.45) is 16.8 Å². The highest BCUT2D eigenvalue weighted by Gasteiger charge is 2.37. The molecule has 2 heterocycles. The number of ether oxygens (including phenoxy) is 1. The van der Waals surface area contributed by atoms with E-state index in [-0.39, 0.29) is 17.1 Å². The molecule has 0 radical (unpaired) electrons. The molecule has 4 rings (SSSR count). The van der Waals surface area contributed by atoms with Gasteiger partial charge in [-0.25, -0.2) is 9.99 Å². The molecule has 0 aliphatic carbocycles. The van der Waals surface area contributed by atoms with Crippen LogP contribution >= 0.6 is 0 Å². The molecule has 0 spiro atoms. The van der Waals surface area contributed by atoms with Crippen LogP contribution in [0.25, 0.3) is 6.08 Å². The van der Waals surface area contributed by atoms with Crippen LogP contribution in [0, 0.1) is 38.7 Å². The fraction of sp³-hybridized carbons (Fsp3) is 0.0833. The van der Waals surface area contributed by atoms with Crippen molar-refractivity contribution in [3.05, 3.63) is 94.2 Å². The predicted octanol–water partition coefficient (Wildman–Crippen LogP) is 3.99. The van der Waals surface area contributed by atoms with Crippen LogP contribution in [-0.4, -0.2) is 21.8 Å². The molecule has 2 aromatic carbocycles. The van der Waals surface area contributed by atoms with Crippen LogP contribution < -0.4 is 15.5 Å². The summed E-state index contributed by atoms with van der Waals surface area (Å²) >= 11 is 0. The first kappa shape index (κ1) is 22.1. The molecule has 0 saturated carbocycles. The van der Waals surface area contributed by atoms with Gasteiger partial charge in [0.15, 0.2) is 0 Å². The normalized spacial score (nSPS) is 17.4. The summed E-state index contributed by atoms with van der Waals surface area (Å²) in [4.78, 5) is 14.1. The van der Waals surface area contributed by atoms with Gasteiger partial charge in [0.2, 0.25) is 5.88 Å². The van der Waals surface area contributed by atoms with Crippen molar-refractivity contribution in [2.45, 2.75) is 6.17 Å². The Morgan fingerprint density at radius 2 is 1.85 bits per heavy atom. The number of rotatable bonds is 6. The van der Waals surface area contributed by atoms with Crippen molar-refractivity contribution in [1.82, 2.24) is 4.98 Å². The average molecular weight is 451 g/mol. The zero-order valence-electron chi connectivity index (χ0n) is 17.6. The van der Waals surface area contributed by atoms with Crippen LogP contribution in [0.2, 0.25) is 0 Å². The van der Waals surface area contributed by atoms with Gasteiger partial charge in [-0.05, 0) is 35.9 Å². The summed E-state index contributed by atoms with van der Waals surface area (Å²) in [5.74, 6) is -0.108. The highest BCUT2D eigenvalue weighted by Crippen LogP contribution is 2.29. The summed E-state index contributed by atoms with van der Waals surface area (Å²) in [6.45, 7) is 0. The Bertz CT molecular complexity index is 1340. The summed E-state index contributed by atoms with van der Waals surface area (Å²) in [7, 11) is 0. The van der Waals surface area contributed by atoms with Crippen molar-refractivity contribution in [3.8, 4) is 23.8 Å². The number of nitro groups is 1. The van der Waals surface area contributed by atoms with E-state index in [0.717, 1.165) is 11.9 Å². The van der Waals surface area contributed by atoms with Crippen molar-refractivity contribution in [2.75, 3.05) is 5.01 Å². The van der Waals surface area contributed by atoms with Gasteiger partial charge in [0.25, 0.3) is 5.69 Å². The number of nitriles is 2. The Labute approximate surface area is 194 Å². The van der Waals surface area contributed by atoms with Crippen LogP contribution in [0.5, 0.6) is 11.6 Å². The predicted molar refractivity (Wildman–Crippen MR) is 124 cm³/mol. The van der Waals surface area contributed by atoms with Crippen LogP contribution in [0.15, 0.2) is 83.6 Å². The molecular formula is C24H17N7O3. The number of anilines is 1. The van der Waals surface area contributed by atoms with E-state index < -0.39 is 17.0 Å². The zero-order valence-corrected chi connectivity index (χ0v) is 17.6. The van der Waals surface area contributed by atoms with Crippen LogP contribution in [0.4, 0.5) is 11.4 Å². The number of benzene rings is 2. The van der Waals surface area contributed by atoms with Gasteiger partial charge in [-0.15, -0.1) is 0 Å². The Balaban J connectivity index is 1.55. The molecule has 0 unspecified atom stereocenters. The van der Waals surface area contributed by atoms with E-state index in [2.05, 4.69) is 22.2 Å². The standard InChI is InChI=1S/C24H17N7O3/c25-13-17(23-21(14-26)24(27)30(29-23)18-4-2-1-3-5-18)12-16-6-9-20(10-7-16)34-22-11-8-19(15-28-22)31(32)33/h1-12,15,21,24H,27H2/b17-12-/t21-,24+/m1/s1. The number of pyridine rings is 1. The van der Waals surface area contributed by atoms with Gasteiger partial charge in [0.05, 0.1) is 28.0 Å². The molecule has 0 bridgehead atoms. The third kappa shape index (κ3) is 4.58. The molecule has 1 aromatic heterocycles. The van der Waals surface area contributed by atoms with E-state index in [1.807, 2.05) is 30.3 Å². The van der Waals surface area contributed by atoms with Crippen molar-refractivity contribution < 1.29 is 9.66 Å². The van der Waals surface area contributed by atoms with Crippen LogP contribution in [0.1, 0.15) is 5.56 Å². The number of hydrogen-bond donors (Lipinski definition) is 1. The lowest BCUT2D eigenvalue weighted by molar-refractivity contribution is -0.385. The first-order valence-electron chi connectivity index (χ1n) is 10.1. The maximum Gasteiger partial charge on any atom is 0.287 e. The molecule has 0 saturated heterocycles. The lowest BCUT2D eigenvalue weighted by atomic mass is 9.95. The summed E-state index contributed by atoms with van der Waals surface area (Å²) in [5, 5.41) is 36.2. The van der Waals surface area contributed by atoms with Gasteiger partial charge in [-0.1, -0.05) is 30.3 Å². The first-order valence-corrected chi connectivity index (χ1v) is 10.1. The second-order valence-electron chi connectivity index (χ2n) is 7.22. The number of hydrazone groups is 1. The zero-order chi connectivity index (χ0) is 24.1. The van der Waals surface area contributed by atoms with E-state index in [1.165, 1.54) is 12.1 Å². The monoisotopic (exact) mass is 451 g/mol. The summed E-state index contributed by atoms with van der Waals surface area (Å²) < 4.78 is 5.60. The smallest absolute Gasteiger partial charge is 0.287 e. The number of allylic oxidation sites excluding steroid dienone is 1. The van der Waals surface area contributed by atoms with E-state index >= 15 is 0 Å². The fourth-order valence-corrected chi connectivity index (χ4v) is 3.34. The molecule has 10 nitrogen and oxygen atoms in total. The minimum atomic E-state index is -0.776. The largest absolute Gasteiger partial charge is 0.439 e. The second-order valence-corrected chi connectivity index (χ2v) is 7.22. The summed E-state index contributed by atoms with van der Waals surface area (Å²) in [5.41, 5.74) is 8.06. The quantitative estimate of drug-likeness (QED) is 0.335. The molecule has 2 atom stereocenters. The number of aromatic nitrogens is 1. The summed E-state index contributed by atoms with van der Waals surface area (Å²) in [6.07, 6.45) is 2.02. The summed E-state index contributed by atoms with van der Waals surface area (Å²) in [6, 6.07) is 23.0. The number of nitrogens with two attached hydrogens (primary N) is 1. The minimum absolute atomic E-state index is 0.132. The molecule has 166 valence electrons. The van der Waals surface area contributed by atoms with Crippen LogP contribution in [0.3, 0.4) is 0 Å². The molecule has 34 heavy (non-hydrogen) atoms. The molecule has 1 aliphatic rings. The second kappa shape index (κ2) is 9.61. The van der Waals surface area contributed by atoms with E-state index in [4.69, 9.17) is 10.5 Å². The van der Waals surface area contributed by atoms with E-state index in [1.54, 1.807) is 35.4 Å². The third-order valence-electron chi connectivity index (χ3n) is 5.04. The Hall–Kier alpha value is -5.06. The lowest BCUT2D eigenvalue weighted by Crippen LogP contribution is -2.40. The first-order chi connectivity index (χ1) is 16.5. The maximum atomic E-state index is 10.7. The third-order valence-corrected chi connectivity index (χ3v) is 5.04. The molecule has 2 N–H and O–H groups in total. The molecule has 3 aromatic rings. The fourth-order valence-electron chi connectivity index (χ4n) is 3.34. The SMILES string of the molecule is N#C/C(=C/c1ccc(Oc2ccc([N+](=O)[O-])cn2)cc1)C1=NN(c2ccccc2)[C@H](N)[C@@H]1C#N. The topological polar surface area (TPSA) is 154 Å². The lowest BCUT2D eigenvalue weighted by Gasteiger charge is -2.21. The maximum absolute atomic E-state index is 10.7. The molecule has 0 fully saturated rings. The number of hydrogen-bond acceptors (Lipinski definition) is 9. The van der Waals surface area contributed by atoms with E-state index in [0.29, 0.717) is 17.0 Å². The Morgan fingerprint density at radius 3 is 2.44 bits per heavy atom. The van der Waals surface area contributed by atoms with Crippen LogP contribution in [-0.2, 0) is 0 Å². The van der Waals surface area contributed by atoms with Gasteiger partial charge in [-0.3, -0.25) is 10.1 Å². The Morgan fingerprint density at radius 1 is 1.12 bits per heavy atom. The van der Waals surface area contributed by atoms with E-state index in [9.17, 15) is 20.6 Å². The van der Waals surface area contributed by atoms with Gasteiger partial charge in [0.1, 0.15) is 30.1 Å². The number of para-hydroxylation sites is 1. The Kier molecular flexibility index (Phi) is 6.26. The highest BCUT2D eigenvalue weighted by atomic mass is 16.6. The molecule has 10 heteroatoms. The minimum Gasteiger partial charge on any atom is -0.439 e. The number of nitrogens with zero attached hydrogens (tertiary/aromatic N) is 6. The van der Waals surface area contributed by atoms with Gasteiger partial charge >= 0.3 is 0 Å². The van der Waals surface area contributed by atoms with Crippen molar-refractivity contribution in [1.29, 1.82) is 10.5 Å². The highest BCUT2D eigenvalue weighted by molar-refractivity contribution is 6.11. The van der Waals surface area contributed by atoms with Crippen molar-refractivity contribution in [3.63, 3.8) is 0 Å². The molecule has 1 aliphatic heterocycles. The van der Waals surface area contributed by atoms with Crippen molar-refractivity contribution >= 4 is 23.2 Å².